The van der Waals surface area contributed by atoms with Gasteiger partial charge in [-0.3, -0.25) is 0 Å². The fourth-order valence-corrected chi connectivity index (χ4v) is 1.60. The molecular weight excluding hydrogens is 179 g/mol. The highest BCUT2D eigenvalue weighted by molar-refractivity contribution is 5.35. The van der Waals surface area contributed by atoms with E-state index >= 15 is 0 Å². The summed E-state index contributed by atoms with van der Waals surface area (Å²) in [4.78, 5) is 0. The second-order valence-corrected chi connectivity index (χ2v) is 3.56. The monoisotopic (exact) mass is 196 g/mol. The van der Waals surface area contributed by atoms with Crippen LogP contribution in [0.3, 0.4) is 0 Å². The maximum Gasteiger partial charge on any atom is 0.129 e. The predicted molar refractivity (Wildman–Crippen MR) is 55.6 cm³/mol. The number of rotatable bonds is 0. The first-order valence-electron chi connectivity index (χ1n) is 5.03. The molecule has 0 radical (unpaired) electrons. The molecule has 0 aromatic heterocycles. The molecule has 0 N–H and O–H groups in total. The molecule has 1 heterocycles. The van der Waals surface area contributed by atoms with Gasteiger partial charge in [-0.05, 0) is 25.5 Å². The smallest absolute Gasteiger partial charge is 0.129 e. The lowest BCUT2D eigenvalue weighted by Gasteiger charge is -2.17. The quantitative estimate of drug-likeness (QED) is 0.615. The average Bonchev–Trinajstić information content (AvgIpc) is 2.48. The number of hydrogen-bond acceptors (Lipinski definition) is 1. The highest BCUT2D eigenvalue weighted by Crippen LogP contribution is 2.36. The molecule has 0 bridgehead atoms. The van der Waals surface area contributed by atoms with E-state index in [9.17, 15) is 4.39 Å². The summed E-state index contributed by atoms with van der Waals surface area (Å²) in [5.74, 6) is -0.155. The van der Waals surface area contributed by atoms with Gasteiger partial charge >= 0.3 is 0 Å². The Morgan fingerprint density at radius 3 is 2.50 bits per heavy atom. The number of fused-ring (bicyclic) bond motifs is 1. The first kappa shape index (κ1) is 11.2. The molecule has 0 aliphatic carbocycles. The Bertz CT molecular complexity index is 318. The van der Waals surface area contributed by atoms with Gasteiger partial charge in [0.15, 0.2) is 0 Å². The fraction of sp³-hybridized carbons (Fsp3) is 0.500. The van der Waals surface area contributed by atoms with Crippen LogP contribution in [0.1, 0.15) is 38.8 Å². The van der Waals surface area contributed by atoms with Crippen LogP contribution < -0.4 is 0 Å². The lowest BCUT2D eigenvalue weighted by Crippen LogP contribution is -2.14. The van der Waals surface area contributed by atoms with E-state index in [2.05, 4.69) is 0 Å². The van der Waals surface area contributed by atoms with Crippen molar-refractivity contribution in [3.8, 4) is 0 Å². The number of benzene rings is 1. The molecule has 1 aliphatic heterocycles. The second kappa shape index (κ2) is 4.09. The fourth-order valence-electron chi connectivity index (χ4n) is 1.60. The van der Waals surface area contributed by atoms with Crippen molar-refractivity contribution in [2.24, 2.45) is 0 Å². The van der Waals surface area contributed by atoms with Crippen LogP contribution in [-0.2, 0) is 16.9 Å². The zero-order chi connectivity index (χ0) is 10.8. The molecule has 78 valence electrons. The molecule has 0 saturated carbocycles. The van der Waals surface area contributed by atoms with Gasteiger partial charge in [0.2, 0.25) is 0 Å². The van der Waals surface area contributed by atoms with Crippen LogP contribution in [0, 0.1) is 5.82 Å². The van der Waals surface area contributed by atoms with E-state index < -0.39 is 0 Å². The van der Waals surface area contributed by atoms with Crippen molar-refractivity contribution in [3.05, 3.63) is 35.1 Å². The highest BCUT2D eigenvalue weighted by atomic mass is 19.1. The Hall–Kier alpha value is -0.890. The third kappa shape index (κ3) is 1.80. The van der Waals surface area contributed by atoms with Crippen LogP contribution in [0.2, 0.25) is 0 Å². The van der Waals surface area contributed by atoms with E-state index in [0.717, 1.165) is 5.56 Å². The Balaban J connectivity index is 0.000000461. The summed E-state index contributed by atoms with van der Waals surface area (Å²) < 4.78 is 18.6. The maximum absolute atomic E-state index is 13.2. The van der Waals surface area contributed by atoms with Crippen molar-refractivity contribution in [1.82, 2.24) is 0 Å². The standard InChI is InChI=1S/C10H11FO.C2H6/c1-10(2)8-4-3-5-9(11)7(8)6-12-10;1-2/h3-5H,6H2,1-2H3;1-2H3. The van der Waals surface area contributed by atoms with E-state index in [0.29, 0.717) is 12.2 Å². The summed E-state index contributed by atoms with van der Waals surface area (Å²) in [7, 11) is 0. The molecule has 1 aromatic rings. The van der Waals surface area contributed by atoms with E-state index in [-0.39, 0.29) is 11.4 Å². The summed E-state index contributed by atoms with van der Waals surface area (Å²) in [6.07, 6.45) is 0. The number of halogens is 1. The van der Waals surface area contributed by atoms with Crippen LogP contribution in [-0.4, -0.2) is 0 Å². The molecule has 1 nitrogen and oxygen atoms in total. The van der Waals surface area contributed by atoms with Gasteiger partial charge < -0.3 is 4.74 Å². The second-order valence-electron chi connectivity index (χ2n) is 3.56. The zero-order valence-electron chi connectivity index (χ0n) is 9.23. The topological polar surface area (TPSA) is 9.23 Å². The molecule has 0 saturated heterocycles. The third-order valence-corrected chi connectivity index (χ3v) is 2.34. The molecule has 0 atom stereocenters. The van der Waals surface area contributed by atoms with Crippen molar-refractivity contribution >= 4 is 0 Å². The van der Waals surface area contributed by atoms with Gasteiger partial charge in [0, 0.05) is 5.56 Å². The van der Waals surface area contributed by atoms with Gasteiger partial charge in [-0.25, -0.2) is 4.39 Å². The van der Waals surface area contributed by atoms with Crippen molar-refractivity contribution in [2.75, 3.05) is 0 Å². The molecular formula is C12H17FO. The predicted octanol–water partition coefficient (Wildman–Crippen LogP) is 3.62. The van der Waals surface area contributed by atoms with Crippen molar-refractivity contribution in [1.29, 1.82) is 0 Å². The summed E-state index contributed by atoms with van der Waals surface area (Å²) >= 11 is 0. The number of ether oxygens (including phenoxy) is 1. The summed E-state index contributed by atoms with van der Waals surface area (Å²) in [5, 5.41) is 0. The van der Waals surface area contributed by atoms with E-state index in [1.807, 2.05) is 33.8 Å². The molecule has 0 spiro atoms. The van der Waals surface area contributed by atoms with Crippen LogP contribution >= 0.6 is 0 Å². The average molecular weight is 196 g/mol. The minimum absolute atomic E-state index is 0.155. The molecule has 0 fully saturated rings. The minimum Gasteiger partial charge on any atom is -0.366 e. The van der Waals surface area contributed by atoms with Gasteiger partial charge in [0.25, 0.3) is 0 Å². The molecule has 1 aromatic carbocycles. The van der Waals surface area contributed by atoms with Crippen LogP contribution in [0.4, 0.5) is 4.39 Å². The lowest BCUT2D eigenvalue weighted by molar-refractivity contribution is -0.00827. The SMILES string of the molecule is CC.CC1(C)OCc2c(F)cccc21. The van der Waals surface area contributed by atoms with Gasteiger partial charge in [0.05, 0.1) is 12.2 Å². The summed E-state index contributed by atoms with van der Waals surface area (Å²) in [6.45, 7) is 8.31. The summed E-state index contributed by atoms with van der Waals surface area (Å²) in [5.41, 5.74) is 1.36. The van der Waals surface area contributed by atoms with Crippen molar-refractivity contribution < 1.29 is 9.13 Å². The first-order valence-corrected chi connectivity index (χ1v) is 5.03. The Kier molecular flexibility index (Phi) is 3.27. The highest BCUT2D eigenvalue weighted by Gasteiger charge is 2.32. The largest absolute Gasteiger partial charge is 0.366 e. The van der Waals surface area contributed by atoms with Gasteiger partial charge in [-0.1, -0.05) is 26.0 Å². The Morgan fingerprint density at radius 2 is 1.93 bits per heavy atom. The zero-order valence-corrected chi connectivity index (χ0v) is 9.23. The molecule has 0 amide bonds. The van der Waals surface area contributed by atoms with Crippen LogP contribution in [0.5, 0.6) is 0 Å². The van der Waals surface area contributed by atoms with Gasteiger partial charge in [0.1, 0.15) is 5.82 Å². The van der Waals surface area contributed by atoms with E-state index in [1.54, 1.807) is 6.07 Å². The maximum atomic E-state index is 13.2. The van der Waals surface area contributed by atoms with E-state index in [4.69, 9.17) is 4.74 Å². The Labute approximate surface area is 84.9 Å². The van der Waals surface area contributed by atoms with Crippen LogP contribution in [0.25, 0.3) is 0 Å². The molecule has 2 rings (SSSR count). The molecule has 1 aliphatic rings. The van der Waals surface area contributed by atoms with Crippen LogP contribution in [0.15, 0.2) is 18.2 Å². The van der Waals surface area contributed by atoms with Gasteiger partial charge in [-0.15, -0.1) is 0 Å². The molecule has 14 heavy (non-hydrogen) atoms. The first-order chi connectivity index (χ1) is 6.61. The molecule has 0 unspecified atom stereocenters. The lowest BCUT2D eigenvalue weighted by atomic mass is 9.96. The van der Waals surface area contributed by atoms with Crippen molar-refractivity contribution in [3.63, 3.8) is 0 Å². The normalized spacial score (nSPS) is 16.9. The summed E-state index contributed by atoms with van der Waals surface area (Å²) in [6, 6.07) is 5.12. The Morgan fingerprint density at radius 1 is 1.29 bits per heavy atom. The van der Waals surface area contributed by atoms with Gasteiger partial charge in [-0.2, -0.15) is 0 Å². The number of hydrogen-bond donors (Lipinski definition) is 0. The molecule has 2 heteroatoms. The minimum atomic E-state index is -0.322. The van der Waals surface area contributed by atoms with E-state index in [1.165, 1.54) is 6.07 Å². The van der Waals surface area contributed by atoms with Crippen molar-refractivity contribution in [2.45, 2.75) is 39.9 Å². The third-order valence-electron chi connectivity index (χ3n) is 2.34.